The standard InChI is InChI=1S/C8H7N3OS2/c1-5-3-13-4-6(5)8(12)10-7-2-9-11-14-7/h2-4H,1H3,(H,10,12). The van der Waals surface area contributed by atoms with Crippen LogP contribution in [0.25, 0.3) is 0 Å². The maximum atomic E-state index is 11.6. The Labute approximate surface area is 88.8 Å². The molecule has 0 aromatic carbocycles. The second-order valence-electron chi connectivity index (χ2n) is 2.70. The summed E-state index contributed by atoms with van der Waals surface area (Å²) in [4.78, 5) is 11.6. The van der Waals surface area contributed by atoms with E-state index in [1.807, 2.05) is 17.7 Å². The van der Waals surface area contributed by atoms with E-state index in [4.69, 9.17) is 0 Å². The highest BCUT2D eigenvalue weighted by atomic mass is 32.1. The lowest BCUT2D eigenvalue weighted by molar-refractivity contribution is 0.102. The number of nitrogens with zero attached hydrogens (tertiary/aromatic N) is 2. The van der Waals surface area contributed by atoms with Gasteiger partial charge in [-0.1, -0.05) is 4.49 Å². The lowest BCUT2D eigenvalue weighted by atomic mass is 10.2. The summed E-state index contributed by atoms with van der Waals surface area (Å²) < 4.78 is 3.66. The molecule has 0 unspecified atom stereocenters. The Bertz CT molecular complexity index is 435. The Kier molecular flexibility index (Phi) is 2.55. The molecule has 0 aliphatic heterocycles. The summed E-state index contributed by atoms with van der Waals surface area (Å²) >= 11 is 2.68. The van der Waals surface area contributed by atoms with Crippen molar-refractivity contribution >= 4 is 33.8 Å². The van der Waals surface area contributed by atoms with E-state index in [2.05, 4.69) is 14.9 Å². The third-order valence-electron chi connectivity index (χ3n) is 1.70. The number of thiophene rings is 1. The lowest BCUT2D eigenvalue weighted by Gasteiger charge is -1.99. The Hall–Kier alpha value is -1.27. The molecule has 72 valence electrons. The smallest absolute Gasteiger partial charge is 0.257 e. The van der Waals surface area contributed by atoms with Crippen LogP contribution in [0.2, 0.25) is 0 Å². The monoisotopic (exact) mass is 225 g/mol. The van der Waals surface area contributed by atoms with Gasteiger partial charge in [0.05, 0.1) is 11.8 Å². The number of anilines is 1. The predicted octanol–water partition coefficient (Wildman–Crippen LogP) is 2.16. The molecule has 14 heavy (non-hydrogen) atoms. The van der Waals surface area contributed by atoms with Gasteiger partial charge in [0.15, 0.2) is 0 Å². The quantitative estimate of drug-likeness (QED) is 0.852. The second kappa shape index (κ2) is 3.85. The van der Waals surface area contributed by atoms with E-state index in [-0.39, 0.29) is 5.91 Å². The van der Waals surface area contributed by atoms with Crippen LogP contribution in [0.15, 0.2) is 17.0 Å². The van der Waals surface area contributed by atoms with Crippen LogP contribution in [0.4, 0.5) is 5.00 Å². The number of carbonyl (C=O) groups excluding carboxylic acids is 1. The summed E-state index contributed by atoms with van der Waals surface area (Å²) in [5.74, 6) is -0.102. The summed E-state index contributed by atoms with van der Waals surface area (Å²) in [6.45, 7) is 1.91. The van der Waals surface area contributed by atoms with Gasteiger partial charge in [0, 0.05) is 16.9 Å². The molecule has 0 fully saturated rings. The van der Waals surface area contributed by atoms with Gasteiger partial charge in [0.1, 0.15) is 5.00 Å². The second-order valence-corrected chi connectivity index (χ2v) is 4.23. The van der Waals surface area contributed by atoms with E-state index in [0.29, 0.717) is 10.6 Å². The SMILES string of the molecule is Cc1cscc1C(=O)Nc1cnns1. The van der Waals surface area contributed by atoms with Gasteiger partial charge in [-0.3, -0.25) is 4.79 Å². The summed E-state index contributed by atoms with van der Waals surface area (Å²) in [5, 5.41) is 10.8. The minimum atomic E-state index is -0.102. The van der Waals surface area contributed by atoms with Gasteiger partial charge in [0.2, 0.25) is 0 Å². The van der Waals surface area contributed by atoms with Crippen LogP contribution in [0.3, 0.4) is 0 Å². The van der Waals surface area contributed by atoms with E-state index < -0.39 is 0 Å². The number of rotatable bonds is 2. The molecular formula is C8H7N3OS2. The highest BCUT2D eigenvalue weighted by Gasteiger charge is 2.10. The van der Waals surface area contributed by atoms with Gasteiger partial charge in [-0.2, -0.15) is 11.3 Å². The first-order chi connectivity index (χ1) is 6.77. The molecule has 0 atom stereocenters. The fourth-order valence-corrected chi connectivity index (χ4v) is 2.24. The molecule has 0 saturated carbocycles. The zero-order chi connectivity index (χ0) is 9.97. The van der Waals surface area contributed by atoms with Gasteiger partial charge < -0.3 is 5.32 Å². The normalized spacial score (nSPS) is 10.1. The maximum Gasteiger partial charge on any atom is 0.257 e. The number of nitrogens with one attached hydrogen (secondary N) is 1. The van der Waals surface area contributed by atoms with E-state index in [0.717, 1.165) is 17.1 Å². The largest absolute Gasteiger partial charge is 0.311 e. The van der Waals surface area contributed by atoms with Crippen LogP contribution < -0.4 is 5.32 Å². The minimum Gasteiger partial charge on any atom is -0.311 e. The predicted molar refractivity (Wildman–Crippen MR) is 56.9 cm³/mol. The summed E-state index contributed by atoms with van der Waals surface area (Å²) in [5.41, 5.74) is 1.70. The number of hydrogen-bond acceptors (Lipinski definition) is 5. The van der Waals surface area contributed by atoms with Crippen molar-refractivity contribution < 1.29 is 4.79 Å². The van der Waals surface area contributed by atoms with Crippen molar-refractivity contribution in [3.8, 4) is 0 Å². The number of amides is 1. The summed E-state index contributed by atoms with van der Waals surface area (Å²) in [6, 6.07) is 0. The average molecular weight is 225 g/mol. The molecule has 2 rings (SSSR count). The van der Waals surface area contributed by atoms with Crippen LogP contribution >= 0.6 is 22.9 Å². The van der Waals surface area contributed by atoms with E-state index in [9.17, 15) is 4.79 Å². The molecule has 0 aliphatic rings. The van der Waals surface area contributed by atoms with Crippen molar-refractivity contribution in [1.82, 2.24) is 9.59 Å². The van der Waals surface area contributed by atoms with Crippen molar-refractivity contribution in [2.45, 2.75) is 6.92 Å². The zero-order valence-electron chi connectivity index (χ0n) is 7.35. The van der Waals surface area contributed by atoms with Gasteiger partial charge in [-0.05, 0) is 17.9 Å². The molecule has 0 bridgehead atoms. The highest BCUT2D eigenvalue weighted by molar-refractivity contribution is 7.10. The number of carbonyl (C=O) groups is 1. The first-order valence-electron chi connectivity index (χ1n) is 3.89. The van der Waals surface area contributed by atoms with Crippen LogP contribution in [-0.4, -0.2) is 15.5 Å². The van der Waals surface area contributed by atoms with Crippen LogP contribution in [0.1, 0.15) is 15.9 Å². The molecule has 2 aromatic rings. The van der Waals surface area contributed by atoms with Gasteiger partial charge in [-0.25, -0.2) is 0 Å². The van der Waals surface area contributed by atoms with Crippen molar-refractivity contribution in [3.05, 3.63) is 28.1 Å². The van der Waals surface area contributed by atoms with E-state index in [1.165, 1.54) is 17.5 Å². The summed E-state index contributed by atoms with van der Waals surface area (Å²) in [7, 11) is 0. The zero-order valence-corrected chi connectivity index (χ0v) is 8.98. The molecule has 1 N–H and O–H groups in total. The van der Waals surface area contributed by atoms with E-state index >= 15 is 0 Å². The van der Waals surface area contributed by atoms with Crippen LogP contribution in [0, 0.1) is 6.92 Å². The number of aryl methyl sites for hydroxylation is 1. The maximum absolute atomic E-state index is 11.6. The Morgan fingerprint density at radius 3 is 2.93 bits per heavy atom. The molecule has 0 radical (unpaired) electrons. The van der Waals surface area contributed by atoms with Crippen molar-refractivity contribution in [2.75, 3.05) is 5.32 Å². The molecule has 1 amide bonds. The summed E-state index contributed by atoms with van der Waals surface area (Å²) in [6.07, 6.45) is 1.53. The number of aromatic nitrogens is 2. The first-order valence-corrected chi connectivity index (χ1v) is 5.60. The molecule has 6 heteroatoms. The topological polar surface area (TPSA) is 54.9 Å². The number of hydrogen-bond donors (Lipinski definition) is 1. The molecule has 2 aromatic heterocycles. The molecule has 0 aliphatic carbocycles. The Morgan fingerprint density at radius 1 is 1.50 bits per heavy atom. The minimum absolute atomic E-state index is 0.102. The van der Waals surface area contributed by atoms with Crippen molar-refractivity contribution in [2.24, 2.45) is 0 Å². The third kappa shape index (κ3) is 1.80. The fraction of sp³-hybridized carbons (Fsp3) is 0.125. The van der Waals surface area contributed by atoms with Crippen molar-refractivity contribution in [1.29, 1.82) is 0 Å². The molecule has 0 spiro atoms. The Morgan fingerprint density at radius 2 is 2.36 bits per heavy atom. The third-order valence-corrected chi connectivity index (χ3v) is 3.14. The average Bonchev–Trinajstić information content (AvgIpc) is 2.75. The van der Waals surface area contributed by atoms with Gasteiger partial charge in [-0.15, -0.1) is 5.10 Å². The molecule has 4 nitrogen and oxygen atoms in total. The highest BCUT2D eigenvalue weighted by Crippen LogP contribution is 2.17. The fourth-order valence-electron chi connectivity index (χ4n) is 0.995. The molecule has 2 heterocycles. The first kappa shape index (κ1) is 9.29. The lowest BCUT2D eigenvalue weighted by Crippen LogP contribution is -2.10. The van der Waals surface area contributed by atoms with Crippen LogP contribution in [-0.2, 0) is 0 Å². The molecule has 0 saturated heterocycles. The van der Waals surface area contributed by atoms with E-state index in [1.54, 1.807) is 0 Å². The van der Waals surface area contributed by atoms with Crippen molar-refractivity contribution in [3.63, 3.8) is 0 Å². The van der Waals surface area contributed by atoms with Crippen LogP contribution in [0.5, 0.6) is 0 Å². The van der Waals surface area contributed by atoms with Gasteiger partial charge in [0.25, 0.3) is 5.91 Å². The molecular weight excluding hydrogens is 218 g/mol. The Balaban J connectivity index is 2.14. The van der Waals surface area contributed by atoms with Gasteiger partial charge >= 0.3 is 0 Å².